The van der Waals surface area contributed by atoms with Crippen LogP contribution in [0.25, 0.3) is 0 Å². The van der Waals surface area contributed by atoms with E-state index in [4.69, 9.17) is 16.2 Å². The molecule has 0 heterocycles. The highest BCUT2D eigenvalue weighted by molar-refractivity contribution is 5.83. The number of para-hydroxylation sites is 1. The van der Waals surface area contributed by atoms with Gasteiger partial charge < -0.3 is 16.2 Å². The average Bonchev–Trinajstić information content (AvgIpc) is 2.43. The van der Waals surface area contributed by atoms with Crippen molar-refractivity contribution in [2.45, 2.75) is 51.5 Å². The monoisotopic (exact) mass is 278 g/mol. The van der Waals surface area contributed by atoms with E-state index in [1.807, 2.05) is 18.2 Å². The second kappa shape index (κ2) is 7.29. The van der Waals surface area contributed by atoms with Gasteiger partial charge in [-0.15, -0.1) is 0 Å². The third-order valence-corrected chi connectivity index (χ3v) is 3.72. The van der Waals surface area contributed by atoms with E-state index in [0.29, 0.717) is 25.4 Å². The Hall–Kier alpha value is -1.55. The zero-order chi connectivity index (χ0) is 15.2. The molecule has 4 heteroatoms. The van der Waals surface area contributed by atoms with Gasteiger partial charge in [0, 0.05) is 0 Å². The van der Waals surface area contributed by atoms with Crippen molar-refractivity contribution < 1.29 is 9.53 Å². The van der Waals surface area contributed by atoms with E-state index >= 15 is 0 Å². The van der Waals surface area contributed by atoms with Crippen molar-refractivity contribution in [3.05, 3.63) is 29.8 Å². The lowest BCUT2D eigenvalue weighted by molar-refractivity contribution is -0.122. The van der Waals surface area contributed by atoms with Gasteiger partial charge in [0.15, 0.2) is 0 Å². The van der Waals surface area contributed by atoms with E-state index in [9.17, 15) is 4.79 Å². The SMILES string of the molecule is CCC(C)c1ccccc1OCCCC(C)(N)C(N)=O. The van der Waals surface area contributed by atoms with Crippen molar-refractivity contribution in [2.75, 3.05) is 6.61 Å². The van der Waals surface area contributed by atoms with Gasteiger partial charge in [-0.25, -0.2) is 0 Å². The molecule has 2 atom stereocenters. The number of benzene rings is 1. The predicted octanol–water partition coefficient (Wildman–Crippen LogP) is 2.56. The second-order valence-electron chi connectivity index (χ2n) is 5.58. The van der Waals surface area contributed by atoms with Gasteiger partial charge in [0.1, 0.15) is 5.75 Å². The Morgan fingerprint density at radius 3 is 2.65 bits per heavy atom. The molecule has 0 aliphatic carbocycles. The van der Waals surface area contributed by atoms with Gasteiger partial charge >= 0.3 is 0 Å². The predicted molar refractivity (Wildman–Crippen MR) is 81.7 cm³/mol. The molecule has 0 bridgehead atoms. The molecule has 0 radical (unpaired) electrons. The summed E-state index contributed by atoms with van der Waals surface area (Å²) in [5.74, 6) is 0.911. The fourth-order valence-electron chi connectivity index (χ4n) is 1.98. The van der Waals surface area contributed by atoms with Gasteiger partial charge in [-0.05, 0) is 43.7 Å². The Bertz CT molecular complexity index is 444. The minimum absolute atomic E-state index is 0.469. The first kappa shape index (κ1) is 16.5. The molecule has 112 valence electrons. The summed E-state index contributed by atoms with van der Waals surface area (Å²) in [5, 5.41) is 0. The number of amides is 1. The highest BCUT2D eigenvalue weighted by atomic mass is 16.5. The second-order valence-corrected chi connectivity index (χ2v) is 5.58. The van der Waals surface area contributed by atoms with Crippen LogP contribution in [-0.4, -0.2) is 18.1 Å². The average molecular weight is 278 g/mol. The lowest BCUT2D eigenvalue weighted by atomic mass is 9.96. The summed E-state index contributed by atoms with van der Waals surface area (Å²) < 4.78 is 5.83. The van der Waals surface area contributed by atoms with Crippen molar-refractivity contribution in [3.63, 3.8) is 0 Å². The molecule has 1 amide bonds. The normalized spacial score (nSPS) is 15.4. The number of nitrogens with two attached hydrogens (primary N) is 2. The molecule has 0 spiro atoms. The molecule has 0 aliphatic rings. The molecule has 0 fully saturated rings. The van der Waals surface area contributed by atoms with Crippen molar-refractivity contribution in [1.82, 2.24) is 0 Å². The van der Waals surface area contributed by atoms with Crippen LogP contribution in [0.4, 0.5) is 0 Å². The fourth-order valence-corrected chi connectivity index (χ4v) is 1.98. The number of carbonyl (C=O) groups is 1. The molecule has 0 aliphatic heterocycles. The molecule has 1 aromatic carbocycles. The van der Waals surface area contributed by atoms with Crippen LogP contribution < -0.4 is 16.2 Å². The molecule has 1 aromatic rings. The Balaban J connectivity index is 2.53. The number of primary amides is 1. The number of carbonyl (C=O) groups excluding carboxylic acids is 1. The van der Waals surface area contributed by atoms with Crippen LogP contribution in [-0.2, 0) is 4.79 Å². The molecular weight excluding hydrogens is 252 g/mol. The zero-order valence-electron chi connectivity index (χ0n) is 12.7. The molecule has 2 unspecified atom stereocenters. The molecule has 1 rings (SSSR count). The maximum absolute atomic E-state index is 11.1. The van der Waals surface area contributed by atoms with E-state index in [2.05, 4.69) is 19.9 Å². The molecule has 20 heavy (non-hydrogen) atoms. The first-order valence-corrected chi connectivity index (χ1v) is 7.19. The van der Waals surface area contributed by atoms with E-state index in [0.717, 1.165) is 12.2 Å². The maximum atomic E-state index is 11.1. The Morgan fingerprint density at radius 2 is 2.05 bits per heavy atom. The quantitative estimate of drug-likeness (QED) is 0.717. The zero-order valence-corrected chi connectivity index (χ0v) is 12.7. The lowest BCUT2D eigenvalue weighted by Crippen LogP contribution is -2.49. The summed E-state index contributed by atoms with van der Waals surface area (Å²) in [6.45, 7) is 6.54. The van der Waals surface area contributed by atoms with Crippen LogP contribution in [0.5, 0.6) is 5.75 Å². The maximum Gasteiger partial charge on any atom is 0.237 e. The van der Waals surface area contributed by atoms with Crippen molar-refractivity contribution in [3.8, 4) is 5.75 Å². The summed E-state index contributed by atoms with van der Waals surface area (Å²) in [5.41, 5.74) is 11.3. The van der Waals surface area contributed by atoms with Crippen molar-refractivity contribution in [2.24, 2.45) is 11.5 Å². The molecule has 0 saturated carbocycles. The summed E-state index contributed by atoms with van der Waals surface area (Å²) in [4.78, 5) is 11.1. The minimum Gasteiger partial charge on any atom is -0.493 e. The topological polar surface area (TPSA) is 78.3 Å². The first-order valence-electron chi connectivity index (χ1n) is 7.19. The summed E-state index contributed by atoms with van der Waals surface area (Å²) >= 11 is 0. The fraction of sp³-hybridized carbons (Fsp3) is 0.562. The van der Waals surface area contributed by atoms with Crippen molar-refractivity contribution in [1.29, 1.82) is 0 Å². The minimum atomic E-state index is -0.959. The van der Waals surface area contributed by atoms with Crippen LogP contribution in [0, 0.1) is 0 Å². The number of hydrogen-bond donors (Lipinski definition) is 2. The molecular formula is C16H26N2O2. The Labute approximate surface area is 121 Å². The van der Waals surface area contributed by atoms with Crippen LogP contribution in [0.2, 0.25) is 0 Å². The smallest absolute Gasteiger partial charge is 0.237 e. The van der Waals surface area contributed by atoms with Gasteiger partial charge in [0.25, 0.3) is 0 Å². The van der Waals surface area contributed by atoms with Gasteiger partial charge in [-0.1, -0.05) is 32.0 Å². The Morgan fingerprint density at radius 1 is 1.40 bits per heavy atom. The standard InChI is InChI=1S/C16H26N2O2/c1-4-12(2)13-8-5-6-9-14(13)20-11-7-10-16(3,18)15(17)19/h5-6,8-9,12H,4,7,10-11,18H2,1-3H3,(H2,17,19). The molecule has 0 aromatic heterocycles. The summed E-state index contributed by atoms with van der Waals surface area (Å²) in [6, 6.07) is 8.08. The molecule has 0 saturated heterocycles. The number of ether oxygens (including phenoxy) is 1. The number of hydrogen-bond acceptors (Lipinski definition) is 3. The van der Waals surface area contributed by atoms with Crippen LogP contribution >= 0.6 is 0 Å². The third kappa shape index (κ3) is 4.53. The van der Waals surface area contributed by atoms with E-state index in [1.54, 1.807) is 6.92 Å². The van der Waals surface area contributed by atoms with Gasteiger partial charge in [-0.2, -0.15) is 0 Å². The van der Waals surface area contributed by atoms with E-state index < -0.39 is 11.4 Å². The Kier molecular flexibility index (Phi) is 6.02. The largest absolute Gasteiger partial charge is 0.493 e. The lowest BCUT2D eigenvalue weighted by Gasteiger charge is -2.21. The van der Waals surface area contributed by atoms with Gasteiger partial charge in [0.2, 0.25) is 5.91 Å². The summed E-state index contributed by atoms with van der Waals surface area (Å²) in [7, 11) is 0. The van der Waals surface area contributed by atoms with E-state index in [1.165, 1.54) is 5.56 Å². The summed E-state index contributed by atoms with van der Waals surface area (Å²) in [6.07, 6.45) is 2.29. The van der Waals surface area contributed by atoms with Crippen LogP contribution in [0.3, 0.4) is 0 Å². The third-order valence-electron chi connectivity index (χ3n) is 3.72. The van der Waals surface area contributed by atoms with Crippen LogP contribution in [0.1, 0.15) is 51.5 Å². The van der Waals surface area contributed by atoms with Gasteiger partial charge in [0.05, 0.1) is 12.1 Å². The highest BCUT2D eigenvalue weighted by Gasteiger charge is 2.24. The number of rotatable bonds is 8. The van der Waals surface area contributed by atoms with E-state index in [-0.39, 0.29) is 0 Å². The highest BCUT2D eigenvalue weighted by Crippen LogP contribution is 2.28. The first-order chi connectivity index (χ1) is 9.38. The van der Waals surface area contributed by atoms with Gasteiger partial charge in [-0.3, -0.25) is 4.79 Å². The molecule has 4 nitrogen and oxygen atoms in total. The molecule has 4 N–H and O–H groups in total. The van der Waals surface area contributed by atoms with Crippen LogP contribution in [0.15, 0.2) is 24.3 Å². The van der Waals surface area contributed by atoms with Crippen molar-refractivity contribution >= 4 is 5.91 Å².